The lowest BCUT2D eigenvalue weighted by atomic mass is 9.92. The molecular weight excluding hydrogens is 636 g/mol. The maximum Gasteiger partial charge on any atom is 0.112 e. The van der Waals surface area contributed by atoms with Gasteiger partial charge in [0.05, 0.1) is 49.9 Å². The highest BCUT2D eigenvalue weighted by Gasteiger charge is 2.45. The van der Waals surface area contributed by atoms with E-state index in [1.165, 1.54) is 24.1 Å². The molecule has 2 aromatic heterocycles. The van der Waals surface area contributed by atoms with Crippen LogP contribution in [0.25, 0.3) is 0 Å². The van der Waals surface area contributed by atoms with Crippen molar-refractivity contribution in [1.82, 2.24) is 9.80 Å². The van der Waals surface area contributed by atoms with E-state index in [-0.39, 0.29) is 26.2 Å². The summed E-state index contributed by atoms with van der Waals surface area (Å²) in [5.41, 5.74) is 0. The molecule has 48 heavy (non-hydrogen) atoms. The average Bonchev–Trinajstić information content (AvgIpc) is 3.80. The van der Waals surface area contributed by atoms with Crippen molar-refractivity contribution in [2.24, 2.45) is 0 Å². The first-order valence-corrected chi connectivity index (χ1v) is 19.0. The monoisotopic (exact) mass is 696 g/mol. The Bertz CT molecular complexity index is 1090. The van der Waals surface area contributed by atoms with Crippen LogP contribution in [0.2, 0.25) is 0 Å². The molecule has 274 valence electrons. The molecule has 12 heteroatoms. The van der Waals surface area contributed by atoms with E-state index >= 15 is 0 Å². The van der Waals surface area contributed by atoms with Crippen LogP contribution >= 0.6 is 11.3 Å². The molecule has 11 nitrogen and oxygen atoms in total. The summed E-state index contributed by atoms with van der Waals surface area (Å²) in [6, 6.07) is 6.79. The minimum Gasteiger partial charge on any atom is -0.469 e. The van der Waals surface area contributed by atoms with Gasteiger partial charge in [-0.1, -0.05) is 51.0 Å². The highest BCUT2D eigenvalue weighted by atomic mass is 32.1. The van der Waals surface area contributed by atoms with Gasteiger partial charge >= 0.3 is 0 Å². The van der Waals surface area contributed by atoms with Gasteiger partial charge in [-0.25, -0.2) is 0 Å². The first-order chi connectivity index (χ1) is 23.3. The van der Waals surface area contributed by atoms with Crippen molar-refractivity contribution in [2.45, 2.75) is 138 Å². The van der Waals surface area contributed by atoms with E-state index in [0.717, 1.165) is 63.5 Å². The summed E-state index contributed by atoms with van der Waals surface area (Å²) < 4.78 is 11.9. The number of thiophene rings is 1. The normalized spacial score (nSPS) is 29.4. The maximum atomic E-state index is 11.4. The van der Waals surface area contributed by atoms with Gasteiger partial charge in [-0.15, -0.1) is 11.3 Å². The van der Waals surface area contributed by atoms with E-state index in [1.54, 1.807) is 11.2 Å². The third-order valence-electron chi connectivity index (χ3n) is 10.2. The molecule has 0 aromatic carbocycles. The van der Waals surface area contributed by atoms with E-state index in [4.69, 9.17) is 9.15 Å². The summed E-state index contributed by atoms with van der Waals surface area (Å²) in [6.45, 7) is 0.563. The number of β-amino-alcohol motifs (C(OH)–C–C–N with tert-alkyl or cyclic N) is 2. The Morgan fingerprint density at radius 1 is 0.729 bits per heavy atom. The summed E-state index contributed by atoms with van der Waals surface area (Å²) in [4.78, 5) is 5.14. The van der Waals surface area contributed by atoms with Crippen molar-refractivity contribution < 1.29 is 44.9 Å². The van der Waals surface area contributed by atoms with Gasteiger partial charge in [-0.2, -0.15) is 0 Å². The molecule has 0 amide bonds. The fraction of sp³-hybridized carbons (Fsp3) is 0.778. The Labute approximate surface area is 289 Å². The molecule has 0 saturated carbocycles. The molecule has 0 aliphatic carbocycles. The fourth-order valence-corrected chi connectivity index (χ4v) is 8.08. The Kier molecular flexibility index (Phi) is 17.3. The first-order valence-electron chi connectivity index (χ1n) is 18.1. The SMILES string of the molecule is OC[C@@H]1[C@@H](O)[C@H](O)[C@@H](O)CN1CC(CCCCCCc1ccco1)O[C@H]1[C@H](O)[C@@H](CO)N(CCCCCCCCc2cccs2)C[C@@H]1O. The summed E-state index contributed by atoms with van der Waals surface area (Å²) in [6.07, 6.45) is 7.34. The summed E-state index contributed by atoms with van der Waals surface area (Å²) in [5.74, 6) is 0.962. The van der Waals surface area contributed by atoms with E-state index in [2.05, 4.69) is 17.5 Å². The number of furan rings is 1. The number of rotatable bonds is 22. The average molecular weight is 697 g/mol. The van der Waals surface area contributed by atoms with Crippen LogP contribution in [-0.4, -0.2) is 140 Å². The summed E-state index contributed by atoms with van der Waals surface area (Å²) >= 11 is 1.81. The highest BCUT2D eigenvalue weighted by Crippen LogP contribution is 2.27. The number of unbranched alkanes of at least 4 members (excludes halogenated alkanes) is 8. The van der Waals surface area contributed by atoms with Gasteiger partial charge in [0.1, 0.15) is 30.2 Å². The second kappa shape index (κ2) is 21.1. The number of hydrogen-bond acceptors (Lipinski definition) is 12. The second-order valence-corrected chi connectivity index (χ2v) is 14.8. The third-order valence-corrected chi connectivity index (χ3v) is 11.1. The number of nitrogens with zero attached hydrogens (tertiary/aromatic N) is 2. The number of ether oxygens (including phenoxy) is 1. The minimum absolute atomic E-state index is 0.0455. The van der Waals surface area contributed by atoms with Crippen molar-refractivity contribution in [3.63, 3.8) is 0 Å². The maximum absolute atomic E-state index is 11.4. The van der Waals surface area contributed by atoms with Gasteiger partial charge in [0, 0.05) is 30.9 Å². The van der Waals surface area contributed by atoms with Crippen LogP contribution in [0.15, 0.2) is 40.3 Å². The molecule has 4 rings (SSSR count). The molecule has 7 N–H and O–H groups in total. The van der Waals surface area contributed by atoms with Crippen LogP contribution < -0.4 is 0 Å². The van der Waals surface area contributed by atoms with Crippen molar-refractivity contribution in [3.8, 4) is 0 Å². The lowest BCUT2D eigenvalue weighted by Gasteiger charge is -2.47. The molecule has 0 spiro atoms. The molecular formula is C36H60N2O9S. The lowest BCUT2D eigenvalue weighted by molar-refractivity contribution is -0.197. The van der Waals surface area contributed by atoms with E-state index in [0.29, 0.717) is 13.0 Å². The summed E-state index contributed by atoms with van der Waals surface area (Å²) in [5, 5.41) is 76.2. The summed E-state index contributed by atoms with van der Waals surface area (Å²) in [7, 11) is 0. The van der Waals surface area contributed by atoms with E-state index in [9.17, 15) is 35.7 Å². The number of aliphatic hydroxyl groups excluding tert-OH is 7. The van der Waals surface area contributed by atoms with Crippen molar-refractivity contribution in [1.29, 1.82) is 0 Å². The van der Waals surface area contributed by atoms with Crippen LogP contribution in [-0.2, 0) is 17.6 Å². The van der Waals surface area contributed by atoms with Gasteiger partial charge in [0.2, 0.25) is 0 Å². The van der Waals surface area contributed by atoms with Crippen LogP contribution in [0, 0.1) is 0 Å². The molecule has 2 aromatic rings. The molecule has 2 saturated heterocycles. The number of piperidine rings is 2. The molecule has 1 unspecified atom stereocenters. The predicted octanol–water partition coefficient (Wildman–Crippen LogP) is 2.33. The van der Waals surface area contributed by atoms with Gasteiger partial charge < -0.3 is 44.9 Å². The van der Waals surface area contributed by atoms with Crippen LogP contribution in [0.1, 0.15) is 81.3 Å². The Morgan fingerprint density at radius 3 is 2.08 bits per heavy atom. The van der Waals surface area contributed by atoms with Gasteiger partial charge in [0.25, 0.3) is 0 Å². The highest BCUT2D eigenvalue weighted by molar-refractivity contribution is 7.09. The molecule has 2 fully saturated rings. The van der Waals surface area contributed by atoms with Crippen LogP contribution in [0.3, 0.4) is 0 Å². The number of aliphatic hydroxyl groups is 7. The smallest absolute Gasteiger partial charge is 0.112 e. The fourth-order valence-electron chi connectivity index (χ4n) is 7.32. The zero-order chi connectivity index (χ0) is 34.3. The number of likely N-dealkylation sites (tertiary alicyclic amines) is 2. The minimum atomic E-state index is -1.36. The second-order valence-electron chi connectivity index (χ2n) is 13.8. The van der Waals surface area contributed by atoms with Crippen molar-refractivity contribution in [3.05, 3.63) is 46.5 Å². The van der Waals surface area contributed by atoms with Gasteiger partial charge in [-0.3, -0.25) is 9.80 Å². The quantitative estimate of drug-likeness (QED) is 0.0902. The predicted molar refractivity (Wildman–Crippen MR) is 185 cm³/mol. The Balaban J connectivity index is 1.27. The zero-order valence-electron chi connectivity index (χ0n) is 28.3. The van der Waals surface area contributed by atoms with Gasteiger partial charge in [0.15, 0.2) is 0 Å². The van der Waals surface area contributed by atoms with Crippen molar-refractivity contribution in [2.75, 3.05) is 39.4 Å². The topological polar surface area (TPSA) is 170 Å². The molecule has 9 atom stereocenters. The Morgan fingerprint density at radius 2 is 1.40 bits per heavy atom. The Hall–Kier alpha value is -1.42. The molecule has 4 heterocycles. The standard InChI is InChI=1S/C36H60N2O9S/c39-24-29-33(43)35(45)31(41)22-38(29)21-27(14-8-5-4-7-13-26-15-11-19-46-26)47-36-32(42)23-37(30(25-40)34(36)44)18-10-6-2-1-3-9-16-28-17-12-20-48-28/h11-12,15,17,19-20,27,29-36,39-45H,1-10,13-14,16,18,21-25H2/t27?,29-,30-,31+,32+,33-,34-,35-,36-/m1/s1. The molecule has 0 bridgehead atoms. The lowest BCUT2D eigenvalue weighted by Crippen LogP contribution is -2.65. The zero-order valence-corrected chi connectivity index (χ0v) is 29.2. The van der Waals surface area contributed by atoms with Crippen LogP contribution in [0.5, 0.6) is 0 Å². The first kappa shape index (κ1) is 39.4. The van der Waals surface area contributed by atoms with Crippen molar-refractivity contribution >= 4 is 11.3 Å². The van der Waals surface area contributed by atoms with E-state index < -0.39 is 61.4 Å². The largest absolute Gasteiger partial charge is 0.469 e. The molecule has 0 radical (unpaired) electrons. The third kappa shape index (κ3) is 11.8. The number of aryl methyl sites for hydroxylation is 2. The van der Waals surface area contributed by atoms with E-state index in [1.807, 2.05) is 28.4 Å². The molecule has 2 aliphatic heterocycles. The van der Waals surface area contributed by atoms with Crippen LogP contribution in [0.4, 0.5) is 0 Å². The van der Waals surface area contributed by atoms with Gasteiger partial charge in [-0.05, 0) is 62.2 Å². The number of hydrogen-bond donors (Lipinski definition) is 7. The molecule has 2 aliphatic rings.